The van der Waals surface area contributed by atoms with Crippen LogP contribution in [0.4, 0.5) is 19.0 Å². The SMILES string of the molecule is CCNC(=O)[C@@H](C)NC(=O)C1CCN(c2[nH+]cc(C(F)(F)F)cc2Cl)CC1. The van der Waals surface area contributed by atoms with Gasteiger partial charge in [-0.3, -0.25) is 14.5 Å². The molecule has 2 rings (SSSR count). The highest BCUT2D eigenvalue weighted by atomic mass is 35.5. The van der Waals surface area contributed by atoms with Gasteiger partial charge in [-0.1, -0.05) is 11.6 Å². The number of amides is 2. The number of carbonyl (C=O) groups excluding carboxylic acids is 2. The highest BCUT2D eigenvalue weighted by Crippen LogP contribution is 2.33. The first kappa shape index (κ1) is 21.3. The summed E-state index contributed by atoms with van der Waals surface area (Å²) in [5.74, 6) is -0.295. The molecule has 3 N–H and O–H groups in total. The van der Waals surface area contributed by atoms with Gasteiger partial charge in [-0.25, -0.2) is 4.98 Å². The molecule has 1 aliphatic rings. The number of nitrogens with zero attached hydrogens (tertiary/aromatic N) is 1. The third-order valence-corrected chi connectivity index (χ3v) is 4.77. The lowest BCUT2D eigenvalue weighted by Crippen LogP contribution is -2.49. The van der Waals surface area contributed by atoms with E-state index in [0.717, 1.165) is 12.3 Å². The van der Waals surface area contributed by atoms with Gasteiger partial charge in [0.15, 0.2) is 0 Å². The lowest BCUT2D eigenvalue weighted by molar-refractivity contribution is -0.367. The molecule has 1 atom stereocenters. The van der Waals surface area contributed by atoms with Gasteiger partial charge in [0, 0.05) is 12.5 Å². The number of alkyl halides is 3. The first-order chi connectivity index (χ1) is 12.6. The minimum Gasteiger partial charge on any atom is -0.355 e. The fraction of sp³-hybridized carbons (Fsp3) is 0.588. The van der Waals surface area contributed by atoms with Crippen molar-refractivity contribution in [2.24, 2.45) is 5.92 Å². The summed E-state index contributed by atoms with van der Waals surface area (Å²) in [5.41, 5.74) is -0.843. The van der Waals surface area contributed by atoms with Crippen molar-refractivity contribution >= 4 is 29.2 Å². The first-order valence-corrected chi connectivity index (χ1v) is 9.12. The summed E-state index contributed by atoms with van der Waals surface area (Å²) in [6.07, 6.45) is -2.56. The van der Waals surface area contributed by atoms with Crippen molar-refractivity contribution in [1.82, 2.24) is 10.6 Å². The third-order valence-electron chi connectivity index (χ3n) is 4.49. The number of H-pyrrole nitrogens is 1. The zero-order valence-electron chi connectivity index (χ0n) is 15.1. The van der Waals surface area contributed by atoms with E-state index in [1.807, 2.05) is 4.90 Å². The van der Waals surface area contributed by atoms with Crippen molar-refractivity contribution in [2.45, 2.75) is 38.9 Å². The Labute approximate surface area is 160 Å². The van der Waals surface area contributed by atoms with E-state index in [9.17, 15) is 22.8 Å². The first-order valence-electron chi connectivity index (χ1n) is 8.75. The largest absolute Gasteiger partial charge is 0.419 e. The Morgan fingerprint density at radius 2 is 2.00 bits per heavy atom. The summed E-state index contributed by atoms with van der Waals surface area (Å²) in [6, 6.07) is 0.272. The number of aromatic nitrogens is 1. The molecule has 6 nitrogen and oxygen atoms in total. The summed E-state index contributed by atoms with van der Waals surface area (Å²) in [5, 5.41) is 5.32. The molecule has 0 aromatic carbocycles. The van der Waals surface area contributed by atoms with Crippen LogP contribution in [0.5, 0.6) is 0 Å². The molecule has 0 aliphatic carbocycles. The average Bonchev–Trinajstić information content (AvgIpc) is 2.61. The molecule has 1 aromatic heterocycles. The van der Waals surface area contributed by atoms with E-state index >= 15 is 0 Å². The smallest absolute Gasteiger partial charge is 0.355 e. The number of rotatable bonds is 5. The molecule has 1 aliphatic heterocycles. The Bertz CT molecular complexity index is 691. The highest BCUT2D eigenvalue weighted by molar-refractivity contribution is 6.32. The van der Waals surface area contributed by atoms with Gasteiger partial charge in [0.25, 0.3) is 5.82 Å². The second kappa shape index (κ2) is 8.77. The number of pyridine rings is 1. The minimum atomic E-state index is -4.47. The molecule has 1 saturated heterocycles. The van der Waals surface area contributed by atoms with E-state index in [-0.39, 0.29) is 22.8 Å². The molecule has 0 spiro atoms. The molecule has 150 valence electrons. The molecule has 10 heteroatoms. The van der Waals surface area contributed by atoms with Crippen LogP contribution in [0.3, 0.4) is 0 Å². The van der Waals surface area contributed by atoms with Crippen LogP contribution in [0.1, 0.15) is 32.3 Å². The number of hydrogen-bond donors (Lipinski definition) is 2. The van der Waals surface area contributed by atoms with Crippen LogP contribution in [0.25, 0.3) is 0 Å². The van der Waals surface area contributed by atoms with Crippen LogP contribution in [-0.2, 0) is 15.8 Å². The van der Waals surface area contributed by atoms with Crippen LogP contribution in [0.15, 0.2) is 12.3 Å². The van der Waals surface area contributed by atoms with Crippen molar-refractivity contribution in [3.8, 4) is 0 Å². The summed E-state index contributed by atoms with van der Waals surface area (Å²) in [7, 11) is 0. The van der Waals surface area contributed by atoms with Crippen LogP contribution in [0.2, 0.25) is 5.02 Å². The highest BCUT2D eigenvalue weighted by Gasteiger charge is 2.35. The van der Waals surface area contributed by atoms with Crippen molar-refractivity contribution < 1.29 is 27.7 Å². The molecule has 1 aromatic rings. The van der Waals surface area contributed by atoms with Gasteiger partial charge in [-0.05, 0) is 32.8 Å². The van der Waals surface area contributed by atoms with E-state index in [4.69, 9.17) is 11.6 Å². The van der Waals surface area contributed by atoms with Crippen molar-refractivity contribution in [2.75, 3.05) is 24.5 Å². The fourth-order valence-electron chi connectivity index (χ4n) is 2.96. The maximum Gasteiger partial charge on any atom is 0.419 e. The number of aromatic amines is 1. The summed E-state index contributed by atoms with van der Waals surface area (Å²) in [4.78, 5) is 28.4. The predicted octanol–water partition coefficient (Wildman–Crippen LogP) is 2.03. The van der Waals surface area contributed by atoms with Crippen molar-refractivity contribution in [3.05, 3.63) is 22.8 Å². The number of carbonyl (C=O) groups is 2. The lowest BCUT2D eigenvalue weighted by Gasteiger charge is -2.28. The van der Waals surface area contributed by atoms with Gasteiger partial charge < -0.3 is 10.6 Å². The number of halogens is 4. The predicted molar refractivity (Wildman–Crippen MR) is 94.2 cm³/mol. The second-order valence-electron chi connectivity index (χ2n) is 6.47. The zero-order chi connectivity index (χ0) is 20.2. The van der Waals surface area contributed by atoms with E-state index < -0.39 is 17.8 Å². The summed E-state index contributed by atoms with van der Waals surface area (Å²) < 4.78 is 38.2. The molecular weight excluding hydrogens is 385 g/mol. The Hall–Kier alpha value is -2.03. The van der Waals surface area contributed by atoms with Crippen molar-refractivity contribution in [1.29, 1.82) is 0 Å². The molecule has 0 unspecified atom stereocenters. The Morgan fingerprint density at radius 3 is 2.52 bits per heavy atom. The standard InChI is InChI=1S/C17H22ClF3N4O2/c1-3-22-15(26)10(2)24-16(27)11-4-6-25(7-5-11)14-13(18)8-12(9-23-14)17(19,20)21/h8-11H,3-7H2,1-2H3,(H,22,26)(H,24,27)/p+1/t10-/m1/s1. The molecule has 0 radical (unpaired) electrons. The minimum absolute atomic E-state index is 0.0161. The quantitative estimate of drug-likeness (QED) is 0.784. The van der Waals surface area contributed by atoms with Gasteiger partial charge in [-0.15, -0.1) is 0 Å². The van der Waals surface area contributed by atoms with Gasteiger partial charge in [0.2, 0.25) is 11.8 Å². The third kappa shape index (κ3) is 5.47. The molecule has 2 heterocycles. The van der Waals surface area contributed by atoms with Gasteiger partial charge in [0.05, 0.1) is 18.7 Å². The molecule has 2 amide bonds. The van der Waals surface area contributed by atoms with E-state index in [2.05, 4.69) is 15.6 Å². The van der Waals surface area contributed by atoms with E-state index in [0.29, 0.717) is 38.3 Å². The second-order valence-corrected chi connectivity index (χ2v) is 6.88. The Morgan fingerprint density at radius 1 is 1.37 bits per heavy atom. The van der Waals surface area contributed by atoms with E-state index in [1.165, 1.54) is 0 Å². The molecule has 0 saturated carbocycles. The monoisotopic (exact) mass is 407 g/mol. The molecule has 0 bridgehead atoms. The molecule has 27 heavy (non-hydrogen) atoms. The number of likely N-dealkylation sites (N-methyl/N-ethyl adjacent to an activating group) is 1. The fourth-order valence-corrected chi connectivity index (χ4v) is 3.25. The van der Waals surface area contributed by atoms with E-state index in [1.54, 1.807) is 13.8 Å². The topological polar surface area (TPSA) is 75.6 Å². The summed E-state index contributed by atoms with van der Waals surface area (Å²) in [6.45, 7) is 4.84. The summed E-state index contributed by atoms with van der Waals surface area (Å²) >= 11 is 6.00. The average molecular weight is 408 g/mol. The van der Waals surface area contributed by atoms with Crippen molar-refractivity contribution in [3.63, 3.8) is 0 Å². The van der Waals surface area contributed by atoms with Crippen LogP contribution in [0, 0.1) is 5.92 Å². The van der Waals surface area contributed by atoms with Crippen LogP contribution >= 0.6 is 11.6 Å². The normalized spacial score (nSPS) is 16.7. The Kier molecular flexibility index (Phi) is 6.91. The van der Waals surface area contributed by atoms with Crippen LogP contribution in [-0.4, -0.2) is 37.5 Å². The van der Waals surface area contributed by atoms with Gasteiger partial charge in [-0.2, -0.15) is 13.2 Å². The number of anilines is 1. The maximum absolute atomic E-state index is 12.7. The number of nitrogens with one attached hydrogen (secondary N) is 3. The van der Waals surface area contributed by atoms with Gasteiger partial charge in [0.1, 0.15) is 17.3 Å². The number of piperidine rings is 1. The van der Waals surface area contributed by atoms with Gasteiger partial charge >= 0.3 is 6.18 Å². The maximum atomic E-state index is 12.7. The zero-order valence-corrected chi connectivity index (χ0v) is 15.9. The van der Waals surface area contributed by atoms with Crippen LogP contribution < -0.4 is 20.5 Å². The number of hydrogen-bond acceptors (Lipinski definition) is 3. The molecule has 1 fully saturated rings. The lowest BCUT2D eigenvalue weighted by atomic mass is 9.95. The Balaban J connectivity index is 1.93. The molecular formula is C17H23ClF3N4O2+.